The first-order chi connectivity index (χ1) is 8.49. The lowest BCUT2D eigenvalue weighted by Crippen LogP contribution is -2.32. The van der Waals surface area contributed by atoms with Crippen molar-refractivity contribution in [3.8, 4) is 5.75 Å². The lowest BCUT2D eigenvalue weighted by molar-refractivity contribution is 0.471. The molecule has 2 unspecified atom stereocenters. The summed E-state index contributed by atoms with van der Waals surface area (Å²) >= 11 is 0. The maximum atomic E-state index is 11.7. The van der Waals surface area contributed by atoms with Crippen LogP contribution in [0.2, 0.25) is 0 Å². The Hall–Kier alpha value is -1.07. The van der Waals surface area contributed by atoms with Gasteiger partial charge in [0.25, 0.3) is 0 Å². The number of aromatic hydroxyl groups is 1. The summed E-state index contributed by atoms with van der Waals surface area (Å²) < 4.78 is 23.4. The molecule has 0 aliphatic carbocycles. The molecule has 0 aromatic heterocycles. The zero-order valence-corrected chi connectivity index (χ0v) is 11.3. The lowest BCUT2D eigenvalue weighted by atomic mass is 10.1. The number of sulfone groups is 1. The van der Waals surface area contributed by atoms with Gasteiger partial charge >= 0.3 is 0 Å². The van der Waals surface area contributed by atoms with Crippen molar-refractivity contribution in [1.29, 1.82) is 0 Å². The highest BCUT2D eigenvalue weighted by Gasteiger charge is 2.31. The molecule has 0 saturated carbocycles. The first-order valence-electron chi connectivity index (χ1n) is 6.23. The van der Waals surface area contributed by atoms with Gasteiger partial charge in [0.2, 0.25) is 0 Å². The van der Waals surface area contributed by atoms with E-state index in [-0.39, 0.29) is 17.0 Å². The van der Waals surface area contributed by atoms with Gasteiger partial charge in [-0.25, -0.2) is 8.42 Å². The van der Waals surface area contributed by atoms with Gasteiger partial charge < -0.3 is 10.4 Å². The number of nitrogens with one attached hydrogen (secondary N) is 1. The van der Waals surface area contributed by atoms with Gasteiger partial charge in [0.15, 0.2) is 9.84 Å². The Kier molecular flexibility index (Phi) is 3.92. The van der Waals surface area contributed by atoms with E-state index in [4.69, 9.17) is 0 Å². The summed E-state index contributed by atoms with van der Waals surface area (Å²) in [6, 6.07) is 7.06. The monoisotopic (exact) mass is 269 g/mol. The van der Waals surface area contributed by atoms with E-state index in [2.05, 4.69) is 5.32 Å². The normalized spacial score (nSPS) is 23.9. The van der Waals surface area contributed by atoms with Crippen molar-refractivity contribution in [3.63, 3.8) is 0 Å². The van der Waals surface area contributed by atoms with Gasteiger partial charge in [0.1, 0.15) is 5.75 Å². The zero-order valence-electron chi connectivity index (χ0n) is 10.5. The maximum absolute atomic E-state index is 11.7. The van der Waals surface area contributed by atoms with Gasteiger partial charge in [-0.15, -0.1) is 0 Å². The van der Waals surface area contributed by atoms with Crippen molar-refractivity contribution < 1.29 is 13.5 Å². The molecule has 1 fully saturated rings. The van der Waals surface area contributed by atoms with Crippen LogP contribution in [0.3, 0.4) is 0 Å². The van der Waals surface area contributed by atoms with E-state index in [1.54, 1.807) is 18.2 Å². The third-order valence-electron chi connectivity index (χ3n) is 3.48. The number of phenols is 1. The third kappa shape index (κ3) is 3.03. The van der Waals surface area contributed by atoms with Gasteiger partial charge in [-0.05, 0) is 37.5 Å². The average molecular weight is 269 g/mol. The van der Waals surface area contributed by atoms with E-state index in [0.717, 1.165) is 18.4 Å². The molecule has 1 aromatic rings. The smallest absolute Gasteiger partial charge is 0.154 e. The van der Waals surface area contributed by atoms with Crippen molar-refractivity contribution in [1.82, 2.24) is 5.32 Å². The summed E-state index contributed by atoms with van der Waals surface area (Å²) in [5, 5.41) is 12.4. The second kappa shape index (κ2) is 5.28. The number of hydrogen-bond donors (Lipinski definition) is 2. The van der Waals surface area contributed by atoms with Crippen LogP contribution in [0.15, 0.2) is 24.3 Å². The molecule has 0 amide bonds. The molecule has 1 heterocycles. The fourth-order valence-electron chi connectivity index (χ4n) is 2.31. The van der Waals surface area contributed by atoms with E-state index in [1.807, 2.05) is 13.0 Å². The first-order valence-corrected chi connectivity index (χ1v) is 7.94. The number of benzene rings is 1. The molecule has 2 N–H and O–H groups in total. The molecule has 0 bridgehead atoms. The quantitative estimate of drug-likeness (QED) is 0.871. The highest BCUT2D eigenvalue weighted by atomic mass is 32.2. The Morgan fingerprint density at radius 3 is 2.89 bits per heavy atom. The standard InChI is InChI=1S/C13H19NO3S/c1-10(11-4-2-5-12(15)8-11)14-9-13-6-3-7-18(13,16)17/h2,4-5,8,10,13-15H,3,6-7,9H2,1H3. The summed E-state index contributed by atoms with van der Waals surface area (Å²) in [7, 11) is -2.88. The van der Waals surface area contributed by atoms with Crippen LogP contribution in [-0.4, -0.2) is 31.1 Å². The molecule has 2 atom stereocenters. The molecule has 1 aromatic carbocycles. The van der Waals surface area contributed by atoms with Crippen LogP contribution in [0, 0.1) is 0 Å². The predicted octanol–water partition coefficient (Wildman–Crippen LogP) is 1.62. The third-order valence-corrected chi connectivity index (χ3v) is 5.76. The largest absolute Gasteiger partial charge is 0.508 e. The fourth-order valence-corrected chi connectivity index (χ4v) is 4.09. The van der Waals surface area contributed by atoms with Crippen LogP contribution in [0.25, 0.3) is 0 Å². The van der Waals surface area contributed by atoms with Crippen molar-refractivity contribution in [2.45, 2.75) is 31.1 Å². The first kappa shape index (κ1) is 13.4. The minimum Gasteiger partial charge on any atom is -0.508 e. The molecule has 5 heteroatoms. The van der Waals surface area contributed by atoms with Gasteiger partial charge in [-0.3, -0.25) is 0 Å². The highest BCUT2D eigenvalue weighted by Crippen LogP contribution is 2.21. The molecule has 1 aliphatic rings. The summed E-state index contributed by atoms with van der Waals surface area (Å²) in [6.07, 6.45) is 1.53. The SMILES string of the molecule is CC(NCC1CCCS1(=O)=O)c1cccc(O)c1. The average Bonchev–Trinajstić information content (AvgIpc) is 2.65. The highest BCUT2D eigenvalue weighted by molar-refractivity contribution is 7.92. The van der Waals surface area contributed by atoms with Crippen molar-refractivity contribution in [2.75, 3.05) is 12.3 Å². The Morgan fingerprint density at radius 1 is 1.50 bits per heavy atom. The van der Waals surface area contributed by atoms with E-state index in [0.29, 0.717) is 12.3 Å². The van der Waals surface area contributed by atoms with Crippen LogP contribution in [0.1, 0.15) is 31.4 Å². The van der Waals surface area contributed by atoms with Gasteiger partial charge in [0, 0.05) is 12.6 Å². The number of phenolic OH excluding ortho intramolecular Hbond substituents is 1. The Bertz CT molecular complexity index is 513. The van der Waals surface area contributed by atoms with Crippen LogP contribution in [0.4, 0.5) is 0 Å². The number of rotatable bonds is 4. The second-order valence-corrected chi connectivity index (χ2v) is 7.26. The van der Waals surface area contributed by atoms with Crippen LogP contribution in [-0.2, 0) is 9.84 Å². The fraction of sp³-hybridized carbons (Fsp3) is 0.538. The van der Waals surface area contributed by atoms with E-state index in [1.165, 1.54) is 0 Å². The van der Waals surface area contributed by atoms with Crippen LogP contribution < -0.4 is 5.32 Å². The van der Waals surface area contributed by atoms with Crippen molar-refractivity contribution >= 4 is 9.84 Å². The summed E-state index contributed by atoms with van der Waals surface area (Å²) in [5.41, 5.74) is 0.963. The molecule has 18 heavy (non-hydrogen) atoms. The minimum atomic E-state index is -2.88. The topological polar surface area (TPSA) is 66.4 Å². The summed E-state index contributed by atoms with van der Waals surface area (Å²) in [4.78, 5) is 0. The van der Waals surface area contributed by atoms with E-state index < -0.39 is 9.84 Å². The predicted molar refractivity (Wildman–Crippen MR) is 71.3 cm³/mol. The summed E-state index contributed by atoms with van der Waals surface area (Å²) in [6.45, 7) is 2.45. The molecule has 0 spiro atoms. The molecule has 1 saturated heterocycles. The molecule has 100 valence electrons. The van der Waals surface area contributed by atoms with Crippen LogP contribution in [0.5, 0.6) is 5.75 Å². The van der Waals surface area contributed by atoms with Gasteiger partial charge in [-0.1, -0.05) is 12.1 Å². The molecule has 1 aliphatic heterocycles. The van der Waals surface area contributed by atoms with Gasteiger partial charge in [0.05, 0.1) is 11.0 Å². The van der Waals surface area contributed by atoms with Crippen molar-refractivity contribution in [3.05, 3.63) is 29.8 Å². The molecular weight excluding hydrogens is 250 g/mol. The van der Waals surface area contributed by atoms with Crippen LogP contribution >= 0.6 is 0 Å². The summed E-state index contributed by atoms with van der Waals surface area (Å²) in [5.74, 6) is 0.550. The molecule has 2 rings (SSSR count). The number of hydrogen-bond acceptors (Lipinski definition) is 4. The van der Waals surface area contributed by atoms with E-state index in [9.17, 15) is 13.5 Å². The lowest BCUT2D eigenvalue weighted by Gasteiger charge is -2.17. The van der Waals surface area contributed by atoms with Crippen molar-refractivity contribution in [2.24, 2.45) is 0 Å². The zero-order chi connectivity index (χ0) is 13.2. The maximum Gasteiger partial charge on any atom is 0.154 e. The Labute approximate surface area is 108 Å². The van der Waals surface area contributed by atoms with E-state index >= 15 is 0 Å². The molecule has 0 radical (unpaired) electrons. The molecule has 4 nitrogen and oxygen atoms in total. The van der Waals surface area contributed by atoms with Gasteiger partial charge in [-0.2, -0.15) is 0 Å². The minimum absolute atomic E-state index is 0.0351. The Balaban J connectivity index is 1.94. The Morgan fingerprint density at radius 2 is 2.28 bits per heavy atom. The second-order valence-electron chi connectivity index (χ2n) is 4.86. The molecular formula is C13H19NO3S.